The second kappa shape index (κ2) is 9.00. The van der Waals surface area contributed by atoms with E-state index in [4.69, 9.17) is 4.74 Å². The topological polar surface area (TPSA) is 46.6 Å². The van der Waals surface area contributed by atoms with Gasteiger partial charge in [-0.3, -0.25) is 9.59 Å². The molecular formula is C24H23NO3. The van der Waals surface area contributed by atoms with Gasteiger partial charge in [0.1, 0.15) is 5.75 Å². The van der Waals surface area contributed by atoms with Gasteiger partial charge in [0, 0.05) is 7.05 Å². The molecule has 3 aromatic carbocycles. The van der Waals surface area contributed by atoms with Gasteiger partial charge in [0.05, 0.1) is 11.6 Å². The maximum atomic E-state index is 12.9. The predicted octanol–water partition coefficient (Wildman–Crippen LogP) is 4.52. The van der Waals surface area contributed by atoms with Crippen LogP contribution in [0.25, 0.3) is 0 Å². The van der Waals surface area contributed by atoms with E-state index in [-0.39, 0.29) is 24.3 Å². The number of Topliss-reactive ketones (excluding diaryl/α,β-unsaturated/α-hetero) is 1. The van der Waals surface area contributed by atoms with Gasteiger partial charge in [0.15, 0.2) is 12.4 Å². The average Bonchev–Trinajstić information content (AvgIpc) is 2.73. The average molecular weight is 373 g/mol. The largest absolute Gasteiger partial charge is 0.483 e. The van der Waals surface area contributed by atoms with E-state index in [9.17, 15) is 9.59 Å². The molecular weight excluding hydrogens is 350 g/mol. The fourth-order valence-corrected chi connectivity index (χ4v) is 3.18. The van der Waals surface area contributed by atoms with Crippen molar-refractivity contribution in [2.45, 2.75) is 13.0 Å². The van der Waals surface area contributed by atoms with Crippen LogP contribution in [-0.4, -0.2) is 30.2 Å². The van der Waals surface area contributed by atoms with Crippen LogP contribution in [0.5, 0.6) is 5.75 Å². The Bertz CT molecular complexity index is 899. The van der Waals surface area contributed by atoms with E-state index in [1.165, 1.54) is 6.92 Å². The molecule has 0 heterocycles. The molecule has 28 heavy (non-hydrogen) atoms. The Morgan fingerprint density at radius 2 is 1.32 bits per heavy atom. The summed E-state index contributed by atoms with van der Waals surface area (Å²) in [6.45, 7) is 1.34. The van der Waals surface area contributed by atoms with Gasteiger partial charge in [-0.15, -0.1) is 0 Å². The van der Waals surface area contributed by atoms with Gasteiger partial charge in [-0.1, -0.05) is 72.8 Å². The predicted molar refractivity (Wildman–Crippen MR) is 109 cm³/mol. The molecule has 0 bridgehead atoms. The first-order chi connectivity index (χ1) is 13.6. The summed E-state index contributed by atoms with van der Waals surface area (Å²) in [6.07, 6.45) is 0. The lowest BCUT2D eigenvalue weighted by Crippen LogP contribution is -2.35. The number of rotatable bonds is 7. The highest BCUT2D eigenvalue weighted by Crippen LogP contribution is 2.28. The number of carbonyl (C=O) groups is 2. The fourth-order valence-electron chi connectivity index (χ4n) is 3.18. The summed E-state index contributed by atoms with van der Waals surface area (Å²) in [7, 11) is 1.77. The Morgan fingerprint density at radius 1 is 0.821 bits per heavy atom. The van der Waals surface area contributed by atoms with E-state index in [1.54, 1.807) is 36.2 Å². The number of ether oxygens (including phenoxy) is 1. The summed E-state index contributed by atoms with van der Waals surface area (Å²) in [6, 6.07) is 26.5. The third-order valence-electron chi connectivity index (χ3n) is 4.63. The van der Waals surface area contributed by atoms with Gasteiger partial charge in [-0.2, -0.15) is 0 Å². The van der Waals surface area contributed by atoms with Crippen molar-refractivity contribution in [3.05, 3.63) is 102 Å². The zero-order valence-electron chi connectivity index (χ0n) is 16.0. The molecule has 4 heteroatoms. The summed E-state index contributed by atoms with van der Waals surface area (Å²) < 4.78 is 5.69. The summed E-state index contributed by atoms with van der Waals surface area (Å²) in [4.78, 5) is 26.3. The molecule has 0 saturated carbocycles. The molecule has 142 valence electrons. The van der Waals surface area contributed by atoms with E-state index < -0.39 is 0 Å². The van der Waals surface area contributed by atoms with Crippen molar-refractivity contribution >= 4 is 11.7 Å². The minimum absolute atomic E-state index is 0.0946. The molecule has 0 aliphatic heterocycles. The lowest BCUT2D eigenvalue weighted by molar-refractivity contribution is -0.133. The minimum Gasteiger partial charge on any atom is -0.483 e. The number of benzene rings is 3. The van der Waals surface area contributed by atoms with Gasteiger partial charge >= 0.3 is 0 Å². The summed E-state index contributed by atoms with van der Waals surface area (Å²) in [5.74, 6) is 0.159. The normalized spacial score (nSPS) is 10.5. The van der Waals surface area contributed by atoms with E-state index in [1.807, 2.05) is 60.7 Å². The van der Waals surface area contributed by atoms with Crippen LogP contribution in [0.1, 0.15) is 34.5 Å². The molecule has 0 saturated heterocycles. The monoisotopic (exact) mass is 373 g/mol. The van der Waals surface area contributed by atoms with Crippen molar-refractivity contribution in [2.75, 3.05) is 13.7 Å². The Labute approximate surface area is 165 Å². The van der Waals surface area contributed by atoms with Gasteiger partial charge in [0.2, 0.25) is 0 Å². The van der Waals surface area contributed by atoms with Gasteiger partial charge in [0.25, 0.3) is 5.91 Å². The first kappa shape index (κ1) is 19.4. The summed E-state index contributed by atoms with van der Waals surface area (Å²) in [5, 5.41) is 0. The molecule has 0 aliphatic carbocycles. The highest BCUT2D eigenvalue weighted by Gasteiger charge is 2.24. The molecule has 0 fully saturated rings. The van der Waals surface area contributed by atoms with Crippen molar-refractivity contribution in [3.63, 3.8) is 0 Å². The first-order valence-corrected chi connectivity index (χ1v) is 9.16. The second-order valence-electron chi connectivity index (χ2n) is 6.57. The van der Waals surface area contributed by atoms with Crippen LogP contribution in [0.3, 0.4) is 0 Å². The molecule has 3 aromatic rings. The van der Waals surface area contributed by atoms with Gasteiger partial charge in [-0.05, 0) is 30.2 Å². The third kappa shape index (κ3) is 4.46. The Hall–Kier alpha value is -3.40. The second-order valence-corrected chi connectivity index (χ2v) is 6.57. The number of carbonyl (C=O) groups excluding carboxylic acids is 2. The summed E-state index contributed by atoms with van der Waals surface area (Å²) >= 11 is 0. The van der Waals surface area contributed by atoms with Crippen molar-refractivity contribution in [3.8, 4) is 5.75 Å². The molecule has 0 spiro atoms. The van der Waals surface area contributed by atoms with Crippen LogP contribution >= 0.6 is 0 Å². The smallest absolute Gasteiger partial charge is 0.261 e. The Morgan fingerprint density at radius 3 is 1.86 bits per heavy atom. The van der Waals surface area contributed by atoms with Crippen molar-refractivity contribution < 1.29 is 14.3 Å². The lowest BCUT2D eigenvalue weighted by Gasteiger charge is -2.29. The fraction of sp³-hybridized carbons (Fsp3) is 0.167. The molecule has 0 N–H and O–H groups in total. The number of likely N-dealkylation sites (N-methyl/N-ethyl adjacent to an activating group) is 1. The van der Waals surface area contributed by atoms with E-state index >= 15 is 0 Å². The maximum absolute atomic E-state index is 12.9. The standard InChI is InChI=1S/C24H23NO3/c1-18(26)21-15-9-10-16-22(21)28-17-23(27)25(2)24(19-11-5-3-6-12-19)20-13-7-4-8-14-20/h3-16,24H,17H2,1-2H3. The maximum Gasteiger partial charge on any atom is 0.261 e. The molecule has 0 unspecified atom stereocenters. The lowest BCUT2D eigenvalue weighted by atomic mass is 9.97. The molecule has 0 radical (unpaired) electrons. The molecule has 1 amide bonds. The quantitative estimate of drug-likeness (QED) is 0.572. The van der Waals surface area contributed by atoms with Crippen LogP contribution in [0.15, 0.2) is 84.9 Å². The van der Waals surface area contributed by atoms with Crippen LogP contribution in [-0.2, 0) is 4.79 Å². The van der Waals surface area contributed by atoms with E-state index in [0.717, 1.165) is 11.1 Å². The zero-order valence-corrected chi connectivity index (χ0v) is 16.0. The third-order valence-corrected chi connectivity index (χ3v) is 4.63. The molecule has 4 nitrogen and oxygen atoms in total. The number of ketones is 1. The van der Waals surface area contributed by atoms with Crippen molar-refractivity contribution in [1.29, 1.82) is 0 Å². The van der Waals surface area contributed by atoms with Crippen LogP contribution in [0, 0.1) is 0 Å². The minimum atomic E-state index is -0.221. The molecule has 0 aromatic heterocycles. The van der Waals surface area contributed by atoms with Gasteiger partial charge < -0.3 is 9.64 Å². The van der Waals surface area contributed by atoms with Gasteiger partial charge in [-0.25, -0.2) is 0 Å². The van der Waals surface area contributed by atoms with Crippen LogP contribution < -0.4 is 4.74 Å². The SMILES string of the molecule is CC(=O)c1ccccc1OCC(=O)N(C)C(c1ccccc1)c1ccccc1. The summed E-state index contributed by atoms with van der Waals surface area (Å²) in [5.41, 5.74) is 2.52. The Balaban J connectivity index is 1.81. The Kier molecular flexibility index (Phi) is 6.22. The van der Waals surface area contributed by atoms with Crippen LogP contribution in [0.4, 0.5) is 0 Å². The number of hydrogen-bond acceptors (Lipinski definition) is 3. The number of para-hydroxylation sites is 1. The molecule has 3 rings (SSSR count). The van der Waals surface area contributed by atoms with E-state index in [2.05, 4.69) is 0 Å². The highest BCUT2D eigenvalue weighted by molar-refractivity contribution is 5.96. The first-order valence-electron chi connectivity index (χ1n) is 9.16. The number of amides is 1. The molecule has 0 aliphatic rings. The van der Waals surface area contributed by atoms with Crippen LogP contribution in [0.2, 0.25) is 0 Å². The molecule has 0 atom stereocenters. The van der Waals surface area contributed by atoms with Crippen molar-refractivity contribution in [1.82, 2.24) is 4.90 Å². The van der Waals surface area contributed by atoms with Crippen molar-refractivity contribution in [2.24, 2.45) is 0 Å². The number of nitrogens with zero attached hydrogens (tertiary/aromatic N) is 1. The van der Waals surface area contributed by atoms with E-state index in [0.29, 0.717) is 11.3 Å². The highest BCUT2D eigenvalue weighted by atomic mass is 16.5. The number of hydrogen-bond donors (Lipinski definition) is 0. The zero-order chi connectivity index (χ0) is 19.9.